The van der Waals surface area contributed by atoms with Crippen molar-refractivity contribution < 1.29 is 4.79 Å². The van der Waals surface area contributed by atoms with Gasteiger partial charge >= 0.3 is 0 Å². The van der Waals surface area contributed by atoms with Crippen LogP contribution in [0.25, 0.3) is 0 Å². The molecule has 1 heterocycles. The van der Waals surface area contributed by atoms with Crippen LogP contribution < -0.4 is 5.73 Å². The second-order valence-corrected chi connectivity index (χ2v) is 5.05. The molecule has 1 aliphatic heterocycles. The minimum atomic E-state index is -0.284. The lowest BCUT2D eigenvalue weighted by Crippen LogP contribution is -2.42. The van der Waals surface area contributed by atoms with E-state index >= 15 is 0 Å². The minimum absolute atomic E-state index is 0.142. The molecular weight excluding hydrogens is 196 g/mol. The molecule has 1 aliphatic rings. The zero-order valence-electron chi connectivity index (χ0n) is 9.03. The first-order valence-corrected chi connectivity index (χ1v) is 6.58. The fourth-order valence-corrected chi connectivity index (χ4v) is 2.23. The Kier molecular flexibility index (Phi) is 4.75. The highest BCUT2D eigenvalue weighted by atomic mass is 32.2. The molecule has 3 nitrogen and oxygen atoms in total. The molecule has 2 N–H and O–H groups in total. The van der Waals surface area contributed by atoms with Crippen molar-refractivity contribution in [1.82, 2.24) is 4.90 Å². The van der Waals surface area contributed by atoms with E-state index in [1.54, 1.807) is 11.8 Å². The standard InChI is InChI=1S/C10H20N2OS/c1-8-3-5-12(7-8)10(13)9(11)4-6-14-2/h8-9H,3-7,11H2,1-2H3/t8?,9-/m0/s1. The maximum Gasteiger partial charge on any atom is 0.239 e. The Balaban J connectivity index is 2.32. The van der Waals surface area contributed by atoms with Gasteiger partial charge in [-0.1, -0.05) is 6.92 Å². The molecule has 0 aromatic rings. The summed E-state index contributed by atoms with van der Waals surface area (Å²) in [6, 6.07) is -0.284. The van der Waals surface area contributed by atoms with Crippen molar-refractivity contribution in [3.63, 3.8) is 0 Å². The van der Waals surface area contributed by atoms with Crippen LogP contribution in [0, 0.1) is 5.92 Å². The van der Waals surface area contributed by atoms with Crippen LogP contribution in [0.2, 0.25) is 0 Å². The number of nitrogens with two attached hydrogens (primary N) is 1. The minimum Gasteiger partial charge on any atom is -0.341 e. The van der Waals surface area contributed by atoms with Crippen molar-refractivity contribution in [3.05, 3.63) is 0 Å². The van der Waals surface area contributed by atoms with Gasteiger partial charge in [-0.2, -0.15) is 11.8 Å². The summed E-state index contributed by atoms with van der Waals surface area (Å²) in [5.41, 5.74) is 5.82. The van der Waals surface area contributed by atoms with Crippen LogP contribution in [-0.4, -0.2) is 41.9 Å². The number of hydrogen-bond acceptors (Lipinski definition) is 3. The second-order valence-electron chi connectivity index (χ2n) is 4.07. The predicted molar refractivity (Wildman–Crippen MR) is 61.3 cm³/mol. The molecule has 0 spiro atoms. The van der Waals surface area contributed by atoms with E-state index in [9.17, 15) is 4.79 Å². The van der Waals surface area contributed by atoms with E-state index in [-0.39, 0.29) is 11.9 Å². The van der Waals surface area contributed by atoms with Gasteiger partial charge in [0, 0.05) is 13.1 Å². The molecule has 1 amide bonds. The SMILES string of the molecule is CSCC[C@H](N)C(=O)N1CCC(C)C1. The molecule has 0 radical (unpaired) electrons. The molecule has 1 unspecified atom stereocenters. The first kappa shape index (κ1) is 11.9. The lowest BCUT2D eigenvalue weighted by Gasteiger charge is -2.20. The summed E-state index contributed by atoms with van der Waals surface area (Å²) in [4.78, 5) is 13.7. The Hall–Kier alpha value is -0.220. The Morgan fingerprint density at radius 2 is 2.43 bits per heavy atom. The third kappa shape index (κ3) is 3.17. The third-order valence-electron chi connectivity index (χ3n) is 2.69. The number of likely N-dealkylation sites (tertiary alicyclic amines) is 1. The maximum atomic E-state index is 11.8. The van der Waals surface area contributed by atoms with E-state index < -0.39 is 0 Å². The number of carbonyl (C=O) groups excluding carboxylic acids is 1. The van der Waals surface area contributed by atoms with E-state index in [4.69, 9.17) is 5.73 Å². The van der Waals surface area contributed by atoms with Crippen LogP contribution in [0.4, 0.5) is 0 Å². The van der Waals surface area contributed by atoms with Gasteiger partial charge in [0.25, 0.3) is 0 Å². The predicted octanol–water partition coefficient (Wildman–Crippen LogP) is 0.935. The van der Waals surface area contributed by atoms with E-state index in [2.05, 4.69) is 6.92 Å². The first-order chi connectivity index (χ1) is 6.65. The van der Waals surface area contributed by atoms with Crippen molar-refractivity contribution in [2.75, 3.05) is 25.1 Å². The summed E-state index contributed by atoms with van der Waals surface area (Å²) < 4.78 is 0. The van der Waals surface area contributed by atoms with Gasteiger partial charge in [0.1, 0.15) is 0 Å². The monoisotopic (exact) mass is 216 g/mol. The fraction of sp³-hybridized carbons (Fsp3) is 0.900. The summed E-state index contributed by atoms with van der Waals surface area (Å²) in [7, 11) is 0. The van der Waals surface area contributed by atoms with E-state index in [1.165, 1.54) is 0 Å². The number of carbonyl (C=O) groups is 1. The number of amides is 1. The molecular formula is C10H20N2OS. The van der Waals surface area contributed by atoms with Crippen molar-refractivity contribution in [2.45, 2.75) is 25.8 Å². The summed E-state index contributed by atoms with van der Waals surface area (Å²) in [5.74, 6) is 1.76. The third-order valence-corrected chi connectivity index (χ3v) is 3.33. The summed E-state index contributed by atoms with van der Waals surface area (Å²) in [5, 5.41) is 0. The van der Waals surface area contributed by atoms with Gasteiger partial charge < -0.3 is 10.6 Å². The zero-order valence-corrected chi connectivity index (χ0v) is 9.85. The molecule has 0 saturated carbocycles. The molecule has 14 heavy (non-hydrogen) atoms. The number of thioether (sulfide) groups is 1. The summed E-state index contributed by atoms with van der Waals surface area (Å²) >= 11 is 1.74. The van der Waals surface area contributed by atoms with Gasteiger partial charge in [0.05, 0.1) is 6.04 Å². The van der Waals surface area contributed by atoms with Crippen LogP contribution in [-0.2, 0) is 4.79 Å². The maximum absolute atomic E-state index is 11.8. The average Bonchev–Trinajstić information content (AvgIpc) is 2.60. The van der Waals surface area contributed by atoms with Gasteiger partial charge in [0.2, 0.25) is 5.91 Å². The van der Waals surface area contributed by atoms with Gasteiger partial charge in [-0.3, -0.25) is 4.79 Å². The quantitative estimate of drug-likeness (QED) is 0.760. The number of hydrogen-bond donors (Lipinski definition) is 1. The zero-order chi connectivity index (χ0) is 10.6. The second kappa shape index (κ2) is 5.61. The highest BCUT2D eigenvalue weighted by Gasteiger charge is 2.26. The van der Waals surface area contributed by atoms with Crippen LogP contribution >= 0.6 is 11.8 Å². The van der Waals surface area contributed by atoms with Crippen molar-refractivity contribution >= 4 is 17.7 Å². The molecule has 0 aromatic heterocycles. The molecule has 1 fully saturated rings. The van der Waals surface area contributed by atoms with E-state index in [0.29, 0.717) is 5.92 Å². The van der Waals surface area contributed by atoms with Crippen molar-refractivity contribution in [1.29, 1.82) is 0 Å². The molecule has 0 aromatic carbocycles. The van der Waals surface area contributed by atoms with Gasteiger partial charge in [-0.05, 0) is 30.8 Å². The lowest BCUT2D eigenvalue weighted by molar-refractivity contribution is -0.131. The van der Waals surface area contributed by atoms with Crippen molar-refractivity contribution in [2.24, 2.45) is 11.7 Å². The Labute approximate surface area is 90.4 Å². The Bertz CT molecular complexity index is 199. The molecule has 0 bridgehead atoms. The van der Waals surface area contributed by atoms with Crippen LogP contribution in [0.5, 0.6) is 0 Å². The van der Waals surface area contributed by atoms with Crippen LogP contribution in [0.15, 0.2) is 0 Å². The Morgan fingerprint density at radius 1 is 1.71 bits per heavy atom. The van der Waals surface area contributed by atoms with Crippen LogP contribution in [0.1, 0.15) is 19.8 Å². The highest BCUT2D eigenvalue weighted by Crippen LogP contribution is 2.16. The molecule has 1 saturated heterocycles. The number of nitrogens with zero attached hydrogens (tertiary/aromatic N) is 1. The molecule has 1 rings (SSSR count). The van der Waals surface area contributed by atoms with Crippen molar-refractivity contribution in [3.8, 4) is 0 Å². The average molecular weight is 216 g/mol. The van der Waals surface area contributed by atoms with Gasteiger partial charge in [-0.15, -0.1) is 0 Å². The summed E-state index contributed by atoms with van der Waals surface area (Å²) in [6.45, 7) is 3.97. The highest BCUT2D eigenvalue weighted by molar-refractivity contribution is 7.98. The fourth-order valence-electron chi connectivity index (χ4n) is 1.74. The summed E-state index contributed by atoms with van der Waals surface area (Å²) in [6.07, 6.45) is 3.96. The van der Waals surface area contributed by atoms with Gasteiger partial charge in [-0.25, -0.2) is 0 Å². The number of rotatable bonds is 4. The molecule has 2 atom stereocenters. The topological polar surface area (TPSA) is 46.3 Å². The first-order valence-electron chi connectivity index (χ1n) is 5.18. The van der Waals surface area contributed by atoms with E-state index in [1.807, 2.05) is 11.2 Å². The lowest BCUT2D eigenvalue weighted by atomic mass is 10.2. The smallest absolute Gasteiger partial charge is 0.239 e. The normalized spacial score (nSPS) is 23.9. The molecule has 82 valence electrons. The molecule has 0 aliphatic carbocycles. The van der Waals surface area contributed by atoms with Crippen LogP contribution in [0.3, 0.4) is 0 Å². The molecule has 4 heteroatoms. The largest absolute Gasteiger partial charge is 0.341 e. The van der Waals surface area contributed by atoms with Gasteiger partial charge in [0.15, 0.2) is 0 Å². The van der Waals surface area contributed by atoms with E-state index in [0.717, 1.165) is 31.7 Å². The Morgan fingerprint density at radius 3 is 2.93 bits per heavy atom.